The van der Waals surface area contributed by atoms with Gasteiger partial charge in [0.15, 0.2) is 0 Å². The lowest BCUT2D eigenvalue weighted by Crippen LogP contribution is -2.52. The standard InChI is InChI=1S/C17H21F2NO4/c1-24-11-17(16(22)23)7-2-8-20(10-17)15(21)6-3-12-9-13(18)4-5-14(12)19/h4-5,9H,2-3,6-8,10-11H2,1H3,(H,22,23). The van der Waals surface area contributed by atoms with E-state index in [4.69, 9.17) is 4.74 Å². The number of aliphatic carboxylic acids is 1. The van der Waals surface area contributed by atoms with Gasteiger partial charge in [0.2, 0.25) is 5.91 Å². The van der Waals surface area contributed by atoms with Crippen LogP contribution in [-0.2, 0) is 20.7 Å². The lowest BCUT2D eigenvalue weighted by molar-refractivity contribution is -0.159. The Morgan fingerprint density at radius 3 is 2.79 bits per heavy atom. The van der Waals surface area contributed by atoms with E-state index in [0.717, 1.165) is 18.2 Å². The molecule has 5 nitrogen and oxygen atoms in total. The Morgan fingerprint density at radius 2 is 2.12 bits per heavy atom. The number of amides is 1. The molecule has 0 aromatic heterocycles. The molecule has 1 aliphatic rings. The van der Waals surface area contributed by atoms with E-state index in [1.165, 1.54) is 12.0 Å². The first-order valence-electron chi connectivity index (χ1n) is 7.82. The van der Waals surface area contributed by atoms with Gasteiger partial charge in [0, 0.05) is 26.6 Å². The Kier molecular flexibility index (Phi) is 5.88. The number of rotatable bonds is 6. The summed E-state index contributed by atoms with van der Waals surface area (Å²) in [4.78, 5) is 25.4. The number of hydrogen-bond donors (Lipinski definition) is 1. The maximum Gasteiger partial charge on any atom is 0.313 e. The van der Waals surface area contributed by atoms with Crippen molar-refractivity contribution in [2.45, 2.75) is 25.7 Å². The molecule has 1 saturated heterocycles. The van der Waals surface area contributed by atoms with Gasteiger partial charge in [-0.1, -0.05) is 0 Å². The van der Waals surface area contributed by atoms with E-state index >= 15 is 0 Å². The highest BCUT2D eigenvalue weighted by Gasteiger charge is 2.43. The molecule has 2 rings (SSSR count). The van der Waals surface area contributed by atoms with Crippen LogP contribution in [0.5, 0.6) is 0 Å². The fourth-order valence-corrected chi connectivity index (χ4v) is 3.11. The number of carbonyl (C=O) groups is 2. The average molecular weight is 341 g/mol. The van der Waals surface area contributed by atoms with Gasteiger partial charge in [0.25, 0.3) is 0 Å². The van der Waals surface area contributed by atoms with Crippen molar-refractivity contribution < 1.29 is 28.2 Å². The van der Waals surface area contributed by atoms with Gasteiger partial charge in [-0.15, -0.1) is 0 Å². The number of benzene rings is 1. The van der Waals surface area contributed by atoms with Gasteiger partial charge in [0.05, 0.1) is 6.61 Å². The van der Waals surface area contributed by atoms with E-state index in [1.807, 2.05) is 0 Å². The molecule has 0 bridgehead atoms. The minimum absolute atomic E-state index is 0.00303. The molecule has 1 amide bonds. The van der Waals surface area contributed by atoms with E-state index in [0.29, 0.717) is 19.4 Å². The van der Waals surface area contributed by atoms with Crippen molar-refractivity contribution in [3.8, 4) is 0 Å². The Morgan fingerprint density at radius 1 is 1.38 bits per heavy atom. The largest absolute Gasteiger partial charge is 0.481 e. The van der Waals surface area contributed by atoms with Gasteiger partial charge in [-0.05, 0) is 43.0 Å². The highest BCUT2D eigenvalue weighted by molar-refractivity contribution is 5.80. The van der Waals surface area contributed by atoms with Crippen LogP contribution >= 0.6 is 0 Å². The fourth-order valence-electron chi connectivity index (χ4n) is 3.11. The van der Waals surface area contributed by atoms with Crippen LogP contribution in [-0.4, -0.2) is 48.7 Å². The summed E-state index contributed by atoms with van der Waals surface area (Å²) in [7, 11) is 1.43. The summed E-state index contributed by atoms with van der Waals surface area (Å²) >= 11 is 0. The van der Waals surface area contributed by atoms with E-state index in [-0.39, 0.29) is 37.5 Å². The van der Waals surface area contributed by atoms with E-state index in [1.54, 1.807) is 0 Å². The number of likely N-dealkylation sites (tertiary alicyclic amines) is 1. The second-order valence-corrected chi connectivity index (χ2v) is 6.17. The fraction of sp³-hybridized carbons (Fsp3) is 0.529. The topological polar surface area (TPSA) is 66.8 Å². The van der Waals surface area contributed by atoms with E-state index < -0.39 is 23.0 Å². The Labute approximate surface area is 139 Å². The summed E-state index contributed by atoms with van der Waals surface area (Å²) in [5.41, 5.74) is -0.964. The molecule has 1 unspecified atom stereocenters. The van der Waals surface area contributed by atoms with Crippen molar-refractivity contribution in [1.82, 2.24) is 4.90 Å². The highest BCUT2D eigenvalue weighted by atomic mass is 19.1. The van der Waals surface area contributed by atoms with Crippen LogP contribution in [0.15, 0.2) is 18.2 Å². The SMILES string of the molecule is COCC1(C(=O)O)CCCN(C(=O)CCc2cc(F)ccc2F)C1. The number of ether oxygens (including phenoxy) is 1. The quantitative estimate of drug-likeness (QED) is 0.862. The predicted octanol–water partition coefficient (Wildman–Crippen LogP) is 2.24. The van der Waals surface area contributed by atoms with Crippen molar-refractivity contribution in [3.63, 3.8) is 0 Å². The van der Waals surface area contributed by atoms with Crippen LogP contribution in [0.25, 0.3) is 0 Å². The van der Waals surface area contributed by atoms with E-state index in [9.17, 15) is 23.5 Å². The van der Waals surface area contributed by atoms with Crippen molar-refractivity contribution in [2.24, 2.45) is 5.41 Å². The molecular formula is C17H21F2NO4. The van der Waals surface area contributed by atoms with E-state index in [2.05, 4.69) is 0 Å². The third-order valence-corrected chi connectivity index (χ3v) is 4.42. The minimum atomic E-state index is -1.10. The number of carbonyl (C=O) groups excluding carboxylic acids is 1. The Hall–Kier alpha value is -2.02. The lowest BCUT2D eigenvalue weighted by atomic mass is 9.80. The molecule has 1 atom stereocenters. The zero-order chi connectivity index (χ0) is 17.7. The number of methoxy groups -OCH3 is 1. The smallest absolute Gasteiger partial charge is 0.313 e. The Bertz CT molecular complexity index is 619. The molecule has 0 saturated carbocycles. The number of piperidine rings is 1. The first-order chi connectivity index (χ1) is 11.4. The molecule has 0 aliphatic carbocycles. The normalized spacial score (nSPS) is 20.9. The first-order valence-corrected chi connectivity index (χ1v) is 7.82. The number of nitrogens with zero attached hydrogens (tertiary/aromatic N) is 1. The molecule has 1 heterocycles. The molecule has 1 fully saturated rings. The van der Waals surface area contributed by atoms with Crippen LogP contribution in [0.4, 0.5) is 8.78 Å². The summed E-state index contributed by atoms with van der Waals surface area (Å²) in [6, 6.07) is 3.13. The van der Waals surface area contributed by atoms with Gasteiger partial charge < -0.3 is 14.7 Å². The van der Waals surface area contributed by atoms with Crippen LogP contribution < -0.4 is 0 Å². The van der Waals surface area contributed by atoms with Crippen molar-refractivity contribution in [3.05, 3.63) is 35.4 Å². The molecule has 1 N–H and O–H groups in total. The van der Waals surface area contributed by atoms with Crippen molar-refractivity contribution in [2.75, 3.05) is 26.8 Å². The summed E-state index contributed by atoms with van der Waals surface area (Å²) in [6.45, 7) is 0.564. The van der Waals surface area contributed by atoms with Crippen molar-refractivity contribution >= 4 is 11.9 Å². The summed E-state index contributed by atoms with van der Waals surface area (Å²) in [6.07, 6.45) is 1.08. The number of hydrogen-bond acceptors (Lipinski definition) is 3. The second-order valence-electron chi connectivity index (χ2n) is 6.17. The molecule has 0 radical (unpaired) electrons. The zero-order valence-corrected chi connectivity index (χ0v) is 13.6. The van der Waals surface area contributed by atoms with Gasteiger partial charge in [0.1, 0.15) is 17.0 Å². The highest BCUT2D eigenvalue weighted by Crippen LogP contribution is 2.31. The van der Waals surface area contributed by atoms with Gasteiger partial charge in [-0.2, -0.15) is 0 Å². The average Bonchev–Trinajstić information content (AvgIpc) is 2.55. The van der Waals surface area contributed by atoms with Crippen LogP contribution in [0.2, 0.25) is 0 Å². The molecule has 24 heavy (non-hydrogen) atoms. The summed E-state index contributed by atoms with van der Waals surface area (Å²) in [5, 5.41) is 9.49. The van der Waals surface area contributed by atoms with Crippen LogP contribution in [0.3, 0.4) is 0 Å². The van der Waals surface area contributed by atoms with Gasteiger partial charge in [-0.25, -0.2) is 8.78 Å². The number of aryl methyl sites for hydroxylation is 1. The van der Waals surface area contributed by atoms with Crippen molar-refractivity contribution in [1.29, 1.82) is 0 Å². The monoisotopic (exact) mass is 341 g/mol. The maximum absolute atomic E-state index is 13.6. The number of carboxylic acid groups (broad SMARTS) is 1. The number of halogens is 2. The van der Waals surface area contributed by atoms with Gasteiger partial charge in [-0.3, -0.25) is 9.59 Å². The zero-order valence-electron chi connectivity index (χ0n) is 13.6. The molecular weight excluding hydrogens is 320 g/mol. The molecule has 1 aromatic rings. The number of carboxylic acids is 1. The minimum Gasteiger partial charge on any atom is -0.481 e. The predicted molar refractivity (Wildman–Crippen MR) is 82.4 cm³/mol. The first kappa shape index (κ1) is 18.3. The Balaban J connectivity index is 2.01. The third kappa shape index (κ3) is 4.08. The molecule has 0 spiro atoms. The van der Waals surface area contributed by atoms with Crippen LogP contribution in [0, 0.1) is 17.0 Å². The summed E-state index contributed by atoms with van der Waals surface area (Å²) in [5.74, 6) is -2.36. The molecule has 132 valence electrons. The third-order valence-electron chi connectivity index (χ3n) is 4.42. The van der Waals surface area contributed by atoms with Gasteiger partial charge >= 0.3 is 5.97 Å². The molecule has 1 aliphatic heterocycles. The second kappa shape index (κ2) is 7.70. The molecule has 1 aromatic carbocycles. The summed E-state index contributed by atoms with van der Waals surface area (Å²) < 4.78 is 31.8. The molecule has 7 heteroatoms. The lowest BCUT2D eigenvalue weighted by Gasteiger charge is -2.39. The van der Waals surface area contributed by atoms with Crippen LogP contribution in [0.1, 0.15) is 24.8 Å². The maximum atomic E-state index is 13.6.